The van der Waals surface area contributed by atoms with Crippen molar-refractivity contribution < 1.29 is 14.9 Å². The van der Waals surface area contributed by atoms with Crippen molar-refractivity contribution in [3.63, 3.8) is 0 Å². The fourth-order valence-corrected chi connectivity index (χ4v) is 6.66. The Kier molecular flexibility index (Phi) is 41.0. The van der Waals surface area contributed by atoms with Crippen molar-refractivity contribution in [3.05, 3.63) is 23.3 Å². The Hall–Kier alpha value is -0.640. The Morgan fingerprint density at radius 1 is 0.319 bits per heavy atom. The van der Waals surface area contributed by atoms with E-state index in [2.05, 4.69) is 26.0 Å². The van der Waals surface area contributed by atoms with E-state index in [4.69, 9.17) is 14.9 Å². The highest BCUT2D eigenvalue weighted by Crippen LogP contribution is 2.17. The molecule has 0 spiro atoms. The van der Waals surface area contributed by atoms with Gasteiger partial charge in [0, 0.05) is 13.2 Å². The topological polar surface area (TPSA) is 49.7 Å². The first-order valence-electron chi connectivity index (χ1n) is 21.3. The molecule has 3 heteroatoms. The summed E-state index contributed by atoms with van der Waals surface area (Å²) in [5.74, 6) is 0. The zero-order chi connectivity index (χ0) is 34.1. The lowest BCUT2D eigenvalue weighted by Gasteiger charge is -2.05. The van der Waals surface area contributed by atoms with Crippen molar-refractivity contribution in [1.82, 2.24) is 0 Å². The Labute approximate surface area is 296 Å². The molecule has 3 nitrogen and oxygen atoms in total. The van der Waals surface area contributed by atoms with Crippen molar-refractivity contribution in [2.45, 2.75) is 232 Å². The third kappa shape index (κ3) is 41.4. The van der Waals surface area contributed by atoms with Crippen LogP contribution in [0.3, 0.4) is 0 Å². The molecular formula is C44H86O3. The van der Waals surface area contributed by atoms with Crippen LogP contribution >= 0.6 is 0 Å². The molecule has 47 heavy (non-hydrogen) atoms. The van der Waals surface area contributed by atoms with Crippen LogP contribution in [-0.2, 0) is 4.74 Å². The maximum atomic E-state index is 8.81. The van der Waals surface area contributed by atoms with Crippen molar-refractivity contribution in [3.8, 4) is 0 Å². The molecule has 0 amide bonds. The van der Waals surface area contributed by atoms with Gasteiger partial charge in [-0.1, -0.05) is 203 Å². The van der Waals surface area contributed by atoms with Crippen LogP contribution in [0.4, 0.5) is 0 Å². The standard InChI is InChI=1S/C44H86O3/c1-43(35-31-27-23-19-15-11-7-3-5-9-13-17-21-25-29-33-39-45)37-41-47-42-38-44(2)36-32-28-24-20-16-12-8-4-6-10-14-18-22-26-30-34-40-46/h37-38,45-46H,3-36,39-42H2,1-2H3. The highest BCUT2D eigenvalue weighted by atomic mass is 16.5. The molecule has 0 atom stereocenters. The van der Waals surface area contributed by atoms with E-state index in [9.17, 15) is 0 Å². The van der Waals surface area contributed by atoms with E-state index < -0.39 is 0 Å². The van der Waals surface area contributed by atoms with E-state index in [1.165, 1.54) is 217 Å². The first-order chi connectivity index (χ1) is 23.2. The van der Waals surface area contributed by atoms with Crippen LogP contribution in [0.1, 0.15) is 232 Å². The van der Waals surface area contributed by atoms with Gasteiger partial charge in [0.25, 0.3) is 0 Å². The molecule has 0 aliphatic rings. The van der Waals surface area contributed by atoms with Gasteiger partial charge in [0.15, 0.2) is 0 Å². The van der Waals surface area contributed by atoms with Gasteiger partial charge < -0.3 is 14.9 Å². The van der Waals surface area contributed by atoms with E-state index >= 15 is 0 Å². The van der Waals surface area contributed by atoms with Crippen LogP contribution in [0.2, 0.25) is 0 Å². The lowest BCUT2D eigenvalue weighted by atomic mass is 10.0. The molecule has 0 bridgehead atoms. The Bertz CT molecular complexity index is 586. The van der Waals surface area contributed by atoms with Crippen LogP contribution < -0.4 is 0 Å². The summed E-state index contributed by atoms with van der Waals surface area (Å²) in [5, 5.41) is 17.6. The Morgan fingerprint density at radius 3 is 0.723 bits per heavy atom. The lowest BCUT2D eigenvalue weighted by molar-refractivity contribution is 0.192. The molecule has 280 valence electrons. The number of rotatable bonds is 40. The first-order valence-corrected chi connectivity index (χ1v) is 21.3. The van der Waals surface area contributed by atoms with Gasteiger partial charge >= 0.3 is 0 Å². The molecule has 0 rings (SSSR count). The van der Waals surface area contributed by atoms with Gasteiger partial charge in [0.05, 0.1) is 13.2 Å². The van der Waals surface area contributed by atoms with Crippen LogP contribution in [0, 0.1) is 0 Å². The number of aliphatic hydroxyl groups is 2. The molecule has 2 N–H and O–H groups in total. The summed E-state index contributed by atoms with van der Waals surface area (Å²) in [4.78, 5) is 0. The van der Waals surface area contributed by atoms with Crippen LogP contribution in [0.5, 0.6) is 0 Å². The fraction of sp³-hybridized carbons (Fsp3) is 0.909. The average molecular weight is 663 g/mol. The number of hydrogen-bond acceptors (Lipinski definition) is 3. The van der Waals surface area contributed by atoms with E-state index in [0.29, 0.717) is 13.2 Å². The van der Waals surface area contributed by atoms with E-state index in [0.717, 1.165) is 26.1 Å². The zero-order valence-electron chi connectivity index (χ0n) is 32.3. The summed E-state index contributed by atoms with van der Waals surface area (Å²) in [6, 6.07) is 0. The third-order valence-electron chi connectivity index (χ3n) is 10.1. The number of aliphatic hydroxyl groups excluding tert-OH is 2. The molecule has 0 fully saturated rings. The van der Waals surface area contributed by atoms with Crippen LogP contribution in [0.15, 0.2) is 23.3 Å². The minimum Gasteiger partial charge on any atom is -0.396 e. The Balaban J connectivity index is 3.36. The smallest absolute Gasteiger partial charge is 0.0654 e. The minimum absolute atomic E-state index is 0.364. The minimum atomic E-state index is 0.364. The number of unbranched alkanes of at least 4 members (excludes halogenated alkanes) is 30. The molecule has 0 aromatic carbocycles. The molecule has 0 aliphatic carbocycles. The Morgan fingerprint density at radius 2 is 0.511 bits per heavy atom. The molecular weight excluding hydrogens is 576 g/mol. The van der Waals surface area contributed by atoms with Crippen molar-refractivity contribution in [2.24, 2.45) is 0 Å². The van der Waals surface area contributed by atoms with Gasteiger partial charge in [-0.15, -0.1) is 0 Å². The van der Waals surface area contributed by atoms with Gasteiger partial charge in [0.2, 0.25) is 0 Å². The molecule has 0 unspecified atom stereocenters. The summed E-state index contributed by atoms with van der Waals surface area (Å²) in [7, 11) is 0. The second kappa shape index (κ2) is 41.5. The normalized spacial score (nSPS) is 12.4. The van der Waals surface area contributed by atoms with Crippen molar-refractivity contribution >= 4 is 0 Å². The quantitative estimate of drug-likeness (QED) is 0.0507. The molecule has 0 aromatic rings. The predicted octanol–water partition coefficient (Wildman–Crippen LogP) is 14.1. The number of ether oxygens (including phenoxy) is 1. The van der Waals surface area contributed by atoms with Crippen molar-refractivity contribution in [2.75, 3.05) is 26.4 Å². The maximum Gasteiger partial charge on any atom is 0.0654 e. The van der Waals surface area contributed by atoms with E-state index in [1.807, 2.05) is 0 Å². The SMILES string of the molecule is CC(=CCOCC=C(C)CCCCCCCCCCCCCCCCCCO)CCCCCCCCCCCCCCCCCCO. The highest BCUT2D eigenvalue weighted by molar-refractivity contribution is 4.99. The van der Waals surface area contributed by atoms with Crippen LogP contribution in [0.25, 0.3) is 0 Å². The summed E-state index contributed by atoms with van der Waals surface area (Å²) in [6.07, 6.45) is 50.6. The fourth-order valence-electron chi connectivity index (χ4n) is 6.66. The molecule has 0 aliphatic heterocycles. The third-order valence-corrected chi connectivity index (χ3v) is 10.1. The molecule has 0 saturated carbocycles. The first kappa shape index (κ1) is 46.4. The highest BCUT2D eigenvalue weighted by Gasteiger charge is 1.98. The summed E-state index contributed by atoms with van der Waals surface area (Å²) >= 11 is 0. The second-order valence-electron chi connectivity index (χ2n) is 14.9. The summed E-state index contributed by atoms with van der Waals surface area (Å²) in [5.41, 5.74) is 2.99. The molecule has 0 saturated heterocycles. The summed E-state index contributed by atoms with van der Waals surface area (Å²) < 4.78 is 5.88. The van der Waals surface area contributed by atoms with Gasteiger partial charge in [-0.2, -0.15) is 0 Å². The second-order valence-corrected chi connectivity index (χ2v) is 14.9. The monoisotopic (exact) mass is 663 g/mol. The van der Waals surface area contributed by atoms with Crippen LogP contribution in [-0.4, -0.2) is 36.6 Å². The largest absolute Gasteiger partial charge is 0.396 e. The van der Waals surface area contributed by atoms with Gasteiger partial charge in [-0.3, -0.25) is 0 Å². The molecule has 0 radical (unpaired) electrons. The van der Waals surface area contributed by atoms with Crippen molar-refractivity contribution in [1.29, 1.82) is 0 Å². The average Bonchev–Trinajstić information content (AvgIpc) is 3.07. The van der Waals surface area contributed by atoms with E-state index in [1.54, 1.807) is 0 Å². The number of hydrogen-bond donors (Lipinski definition) is 2. The molecule has 0 heterocycles. The van der Waals surface area contributed by atoms with Gasteiger partial charge in [0.1, 0.15) is 0 Å². The van der Waals surface area contributed by atoms with Gasteiger partial charge in [-0.25, -0.2) is 0 Å². The van der Waals surface area contributed by atoms with E-state index in [-0.39, 0.29) is 0 Å². The maximum absolute atomic E-state index is 8.81. The lowest BCUT2D eigenvalue weighted by Crippen LogP contribution is -1.94. The molecule has 0 aromatic heterocycles. The predicted molar refractivity (Wildman–Crippen MR) is 209 cm³/mol. The zero-order valence-corrected chi connectivity index (χ0v) is 32.3. The summed E-state index contributed by atoms with van der Waals surface area (Å²) in [6.45, 7) is 6.78. The van der Waals surface area contributed by atoms with Gasteiger partial charge in [-0.05, 0) is 52.4 Å². The number of allylic oxidation sites excluding steroid dienone is 2.